The third kappa shape index (κ3) is 14.5. The van der Waals surface area contributed by atoms with Crippen molar-refractivity contribution in [3.05, 3.63) is 323 Å². The Balaban J connectivity index is 0.000000108. The Bertz CT molecular complexity index is 8920. The number of hydrogen-bond donors (Lipinski definition) is 0. The summed E-state index contributed by atoms with van der Waals surface area (Å²) in [6.07, 6.45) is 15.0. The summed E-state index contributed by atoms with van der Waals surface area (Å²) < 4.78 is 19.3. The molecule has 0 bridgehead atoms. The number of imidazole rings is 4. The van der Waals surface area contributed by atoms with Crippen LogP contribution in [-0.4, -0.2) is 53.7 Å². The van der Waals surface area contributed by atoms with Crippen LogP contribution < -0.4 is 28.6 Å². The molecule has 11 aromatic carbocycles. The Morgan fingerprint density at radius 3 is 1.05 bits per heavy atom. The van der Waals surface area contributed by atoms with Crippen LogP contribution in [0.15, 0.2) is 267 Å². The van der Waals surface area contributed by atoms with Crippen LogP contribution in [0.3, 0.4) is 0 Å². The zero-order valence-electron chi connectivity index (χ0n) is 84.2. The average molecular weight is 1840 g/mol. The fourth-order valence-electron chi connectivity index (χ4n) is 24.6. The SMILES string of the molecule is Cc1cc(-c2c(C(C)C)cccc2C(C)C)nc2c3c(C4CCCCC4)cccc3n3c4ccccc4[n+](C)c3c12.Cc1cc(C)c2c(n1)c1c([Si](C)(C)C)cccc1n1c3ccccc3[n+](C)c21.Cc1cccc(-c2ccccc2)c1-c1cc(C)c2c(n1)c1c(C3CCCCC3)cccc1n1c3ccccc3[n+](C)c21.Cc1ccnc2c3c([Si](C)(C)C)cccc3n3c4ccccc4[n+](C)c3c12. The maximum absolute atomic E-state index is 5.71. The first kappa shape index (κ1) is 89.5. The maximum Gasteiger partial charge on any atom is 0.297 e. The molecule has 0 saturated heterocycles. The number of pyridine rings is 8. The van der Waals surface area contributed by atoms with Crippen LogP contribution >= 0.6 is 0 Å². The molecule has 0 atom stereocenters. The minimum absolute atomic E-state index is 0.423. The van der Waals surface area contributed by atoms with Gasteiger partial charge < -0.3 is 0 Å². The molecule has 688 valence electrons. The largest absolute Gasteiger partial charge is 0.297 e. The molecule has 0 spiro atoms. The van der Waals surface area contributed by atoms with Gasteiger partial charge in [-0.3, -0.25) is 9.97 Å². The van der Waals surface area contributed by atoms with Crippen LogP contribution in [0.2, 0.25) is 39.3 Å². The molecular formula is C124H128N12Si2+4. The monoisotopic (exact) mass is 1840 g/mol. The van der Waals surface area contributed by atoms with Gasteiger partial charge in [-0.2, -0.15) is 17.6 Å². The van der Waals surface area contributed by atoms with Crippen molar-refractivity contribution in [2.24, 2.45) is 28.2 Å². The first-order valence-corrected chi connectivity index (χ1v) is 57.5. The van der Waals surface area contributed by atoms with Gasteiger partial charge in [-0.05, 0) is 260 Å². The van der Waals surface area contributed by atoms with E-state index in [0.29, 0.717) is 23.7 Å². The molecule has 0 N–H and O–H groups in total. The molecule has 14 heteroatoms. The number of para-hydroxylation sites is 8. The van der Waals surface area contributed by atoms with Crippen molar-refractivity contribution in [2.75, 3.05) is 0 Å². The number of rotatable bonds is 9. The van der Waals surface area contributed by atoms with Gasteiger partial charge in [-0.15, -0.1) is 0 Å². The minimum Gasteiger partial charge on any atom is -0.255 e. The summed E-state index contributed by atoms with van der Waals surface area (Å²) in [7, 11) is 5.66. The van der Waals surface area contributed by atoms with Gasteiger partial charge in [0, 0.05) is 33.8 Å². The summed E-state index contributed by atoms with van der Waals surface area (Å²) in [5.41, 5.74) is 44.9. The van der Waals surface area contributed by atoms with E-state index in [4.69, 9.17) is 19.9 Å². The van der Waals surface area contributed by atoms with E-state index >= 15 is 0 Å². The molecule has 25 rings (SSSR count). The molecule has 2 aliphatic carbocycles. The van der Waals surface area contributed by atoms with Crippen LogP contribution in [0.4, 0.5) is 0 Å². The standard InChI is InChI=1S/C39H36N3.C38H42N3.C24H26N3Si.C23H24N3Si/c1-25-14-12-19-29(27-15-6-4-7-16-27)35(25)31-24-26(2)36-38(40-31)37-30(28-17-8-5-9-18-28)20-13-23-34(37)42-33-22-11-10-21-32(33)41(3)39(36)42;1-23(2)27-16-12-17-28(24(3)4)35(27)30-22-25(5)34-37(39-30)36-29(26-14-8-7-9-15-26)18-13-21-33(36)41-32-20-11-10-19-31(32)40(6)38(34)41;1-15-14-16(2)25-23-21(15)24-26(3)17-10-7-8-11-18(17)27(24)19-12-9-13-20(22(19)23)28(4,5)6;1-15-13-14-24-22-20(15)23-25(2)16-9-6-7-10-17(16)26(23)18-11-8-12-19(21(18)22)27(3,4)5/h4,6-7,10-16,19-24,28H,5,8-9,17-18H2,1-3H3;10-13,16-24,26H,7-9,14-15H2,1-6H3;7-14H,1-6H3;6-14H,1-5H3/q4*+1. The van der Waals surface area contributed by atoms with Gasteiger partial charge in [0.05, 0.1) is 110 Å². The molecule has 0 amide bonds. The smallest absolute Gasteiger partial charge is 0.255 e. The van der Waals surface area contributed by atoms with E-state index in [9.17, 15) is 0 Å². The first-order valence-electron chi connectivity index (χ1n) is 50.5. The topological polar surface area (TPSA) is 84.7 Å². The van der Waals surface area contributed by atoms with Crippen LogP contribution in [0.1, 0.15) is 171 Å². The maximum atomic E-state index is 5.71. The summed E-state index contributed by atoms with van der Waals surface area (Å²) in [5, 5.41) is 13.3. The highest BCUT2D eigenvalue weighted by molar-refractivity contribution is 6.91. The van der Waals surface area contributed by atoms with E-state index in [-0.39, 0.29) is 0 Å². The molecule has 12 heterocycles. The number of nitrogens with zero attached hydrogens (tertiary/aromatic N) is 12. The first-order chi connectivity index (χ1) is 66.7. The number of hydrogen-bond acceptors (Lipinski definition) is 4. The molecule has 0 unspecified atom stereocenters. The van der Waals surface area contributed by atoms with Crippen molar-refractivity contribution < 1.29 is 18.3 Å². The van der Waals surface area contributed by atoms with Crippen LogP contribution in [0.5, 0.6) is 0 Å². The average Bonchev–Trinajstić information content (AvgIpc) is 1.54. The molecule has 2 saturated carbocycles. The highest BCUT2D eigenvalue weighted by Gasteiger charge is 2.37. The van der Waals surface area contributed by atoms with Crippen LogP contribution in [-0.2, 0) is 28.2 Å². The lowest BCUT2D eigenvalue weighted by Crippen LogP contribution is -2.38. The van der Waals surface area contributed by atoms with Gasteiger partial charge >= 0.3 is 0 Å². The minimum atomic E-state index is -1.56. The summed E-state index contributed by atoms with van der Waals surface area (Å²) in [6, 6.07) is 95.8. The van der Waals surface area contributed by atoms with Crippen molar-refractivity contribution in [2.45, 2.75) is 196 Å². The van der Waals surface area contributed by atoms with Gasteiger partial charge in [-0.25, -0.2) is 28.2 Å². The van der Waals surface area contributed by atoms with E-state index in [0.717, 1.165) is 39.1 Å². The second kappa shape index (κ2) is 34.8. The number of aromatic nitrogens is 12. The Morgan fingerprint density at radius 1 is 0.297 bits per heavy atom. The predicted octanol–water partition coefficient (Wildman–Crippen LogP) is 28.8. The summed E-state index contributed by atoms with van der Waals surface area (Å²) >= 11 is 0. The van der Waals surface area contributed by atoms with Crippen molar-refractivity contribution in [3.63, 3.8) is 0 Å². The van der Waals surface area contributed by atoms with Gasteiger partial charge in [0.2, 0.25) is 0 Å². The van der Waals surface area contributed by atoms with E-state index in [1.54, 1.807) is 0 Å². The van der Waals surface area contributed by atoms with Gasteiger partial charge in [-0.1, -0.05) is 269 Å². The number of benzene rings is 11. The van der Waals surface area contributed by atoms with E-state index in [1.165, 1.54) is 279 Å². The number of fused-ring (bicyclic) bond motifs is 32. The normalized spacial score (nSPS) is 13.9. The van der Waals surface area contributed by atoms with E-state index in [1.807, 2.05) is 6.20 Å². The van der Waals surface area contributed by atoms with Crippen molar-refractivity contribution in [1.82, 2.24) is 37.5 Å². The molecule has 12 nitrogen and oxygen atoms in total. The predicted molar refractivity (Wildman–Crippen MR) is 586 cm³/mol. The summed E-state index contributed by atoms with van der Waals surface area (Å²) in [4.78, 5) is 21.4. The van der Waals surface area contributed by atoms with Crippen molar-refractivity contribution >= 4 is 180 Å². The van der Waals surface area contributed by atoms with Crippen LogP contribution in [0.25, 0.3) is 188 Å². The van der Waals surface area contributed by atoms with E-state index < -0.39 is 16.1 Å². The summed E-state index contributed by atoms with van der Waals surface area (Å²) in [6.45, 7) is 37.1. The highest BCUT2D eigenvalue weighted by atomic mass is 28.3. The molecule has 2 aliphatic rings. The molecule has 2 fully saturated rings. The summed E-state index contributed by atoms with van der Waals surface area (Å²) in [5.74, 6) is 2.01. The zero-order chi connectivity index (χ0) is 95.5. The van der Waals surface area contributed by atoms with Crippen LogP contribution in [0, 0.1) is 41.5 Å². The Kier molecular flexibility index (Phi) is 22.6. The van der Waals surface area contributed by atoms with Crippen molar-refractivity contribution in [3.8, 4) is 33.6 Å². The number of aryl methyl sites for hydroxylation is 10. The Labute approximate surface area is 811 Å². The second-order valence-corrected chi connectivity index (χ2v) is 52.7. The van der Waals surface area contributed by atoms with Crippen molar-refractivity contribution in [1.29, 1.82) is 0 Å². The molecule has 23 aromatic rings. The Hall–Kier alpha value is -13.7. The lowest BCUT2D eigenvalue weighted by atomic mass is 9.82. The van der Waals surface area contributed by atoms with Gasteiger partial charge in [0.15, 0.2) is 44.1 Å². The lowest BCUT2D eigenvalue weighted by Gasteiger charge is -2.24. The molecular weight excluding hydrogens is 1710 g/mol. The van der Waals surface area contributed by atoms with E-state index in [2.05, 4.69) is 433 Å². The molecule has 0 radical (unpaired) electrons. The molecule has 12 aromatic heterocycles. The lowest BCUT2D eigenvalue weighted by molar-refractivity contribution is -0.617. The van der Waals surface area contributed by atoms with Gasteiger partial charge in [0.1, 0.15) is 22.1 Å². The Morgan fingerprint density at radius 2 is 0.638 bits per heavy atom. The molecule has 138 heavy (non-hydrogen) atoms. The molecule has 0 aliphatic heterocycles. The highest BCUT2D eigenvalue weighted by Crippen LogP contribution is 2.48. The third-order valence-corrected chi connectivity index (χ3v) is 35.0. The fraction of sp³-hybridized carbons (Fsp3) is 0.274. The fourth-order valence-corrected chi connectivity index (χ4v) is 27.8. The second-order valence-electron chi connectivity index (χ2n) is 42.6. The zero-order valence-corrected chi connectivity index (χ0v) is 86.2. The quantitative estimate of drug-likeness (QED) is 0.0819. The third-order valence-electron chi connectivity index (χ3n) is 31.0. The van der Waals surface area contributed by atoms with Gasteiger partial charge in [0.25, 0.3) is 22.6 Å².